The van der Waals surface area contributed by atoms with Crippen LogP contribution >= 0.6 is 0 Å². The van der Waals surface area contributed by atoms with Gasteiger partial charge in [-0.25, -0.2) is 0 Å². The standard InChI is InChI=1S/C10H15N/c11-9-5-8-10-6-3-1-2-4-7-10/h1-4,6-7,10H,5,8-9,11H2. The fourth-order valence-electron chi connectivity index (χ4n) is 1.15. The fraction of sp³-hybridized carbons (Fsp3) is 0.400. The smallest absolute Gasteiger partial charge is 0.00468 e. The molecule has 0 unspecified atom stereocenters. The third-order valence-electron chi connectivity index (χ3n) is 1.79. The van der Waals surface area contributed by atoms with Crippen LogP contribution in [0.3, 0.4) is 0 Å². The van der Waals surface area contributed by atoms with E-state index in [1.807, 2.05) is 0 Å². The van der Waals surface area contributed by atoms with Crippen molar-refractivity contribution in [1.82, 2.24) is 0 Å². The van der Waals surface area contributed by atoms with Crippen LogP contribution in [0.15, 0.2) is 36.5 Å². The van der Waals surface area contributed by atoms with Crippen molar-refractivity contribution in [3.8, 4) is 0 Å². The highest BCUT2D eigenvalue weighted by Crippen LogP contribution is 2.11. The molecule has 1 aliphatic carbocycles. The van der Waals surface area contributed by atoms with E-state index in [0.29, 0.717) is 5.92 Å². The van der Waals surface area contributed by atoms with Gasteiger partial charge in [0, 0.05) is 0 Å². The van der Waals surface area contributed by atoms with Gasteiger partial charge in [-0.15, -0.1) is 0 Å². The highest BCUT2D eigenvalue weighted by molar-refractivity contribution is 5.19. The molecule has 0 aliphatic heterocycles. The molecule has 1 rings (SSSR count). The quantitative estimate of drug-likeness (QED) is 0.652. The summed E-state index contributed by atoms with van der Waals surface area (Å²) in [5, 5.41) is 0. The van der Waals surface area contributed by atoms with E-state index in [2.05, 4.69) is 36.5 Å². The van der Waals surface area contributed by atoms with E-state index >= 15 is 0 Å². The topological polar surface area (TPSA) is 26.0 Å². The Labute approximate surface area is 68.3 Å². The number of nitrogens with two attached hydrogens (primary N) is 1. The Morgan fingerprint density at radius 2 is 1.64 bits per heavy atom. The monoisotopic (exact) mass is 149 g/mol. The first kappa shape index (κ1) is 8.28. The SMILES string of the molecule is NCCCC1C=CC=CC=C1. The van der Waals surface area contributed by atoms with Crippen molar-refractivity contribution < 1.29 is 0 Å². The molecule has 0 saturated heterocycles. The second kappa shape index (κ2) is 4.91. The molecule has 0 atom stereocenters. The van der Waals surface area contributed by atoms with Crippen LogP contribution in [-0.2, 0) is 0 Å². The molecule has 60 valence electrons. The molecule has 0 amide bonds. The van der Waals surface area contributed by atoms with E-state index in [0.717, 1.165) is 13.0 Å². The molecular weight excluding hydrogens is 134 g/mol. The zero-order valence-corrected chi connectivity index (χ0v) is 6.74. The molecule has 0 aromatic carbocycles. The van der Waals surface area contributed by atoms with Crippen molar-refractivity contribution in [2.24, 2.45) is 11.7 Å². The zero-order valence-electron chi connectivity index (χ0n) is 6.74. The summed E-state index contributed by atoms with van der Waals surface area (Å²) < 4.78 is 0. The molecule has 0 fully saturated rings. The van der Waals surface area contributed by atoms with Gasteiger partial charge >= 0.3 is 0 Å². The molecule has 0 bridgehead atoms. The van der Waals surface area contributed by atoms with Crippen LogP contribution in [-0.4, -0.2) is 6.54 Å². The van der Waals surface area contributed by atoms with Crippen LogP contribution in [0.25, 0.3) is 0 Å². The lowest BCUT2D eigenvalue weighted by Gasteiger charge is -2.03. The normalized spacial score (nSPS) is 17.2. The fourth-order valence-corrected chi connectivity index (χ4v) is 1.15. The Hall–Kier alpha value is -0.820. The highest BCUT2D eigenvalue weighted by Gasteiger charge is 1.98. The van der Waals surface area contributed by atoms with Gasteiger partial charge in [0.25, 0.3) is 0 Å². The molecule has 0 aromatic rings. The van der Waals surface area contributed by atoms with Crippen LogP contribution in [0.1, 0.15) is 12.8 Å². The summed E-state index contributed by atoms with van der Waals surface area (Å²) in [5.41, 5.74) is 5.42. The maximum absolute atomic E-state index is 5.42. The third-order valence-corrected chi connectivity index (χ3v) is 1.79. The second-order valence-electron chi connectivity index (χ2n) is 2.75. The first-order valence-corrected chi connectivity index (χ1v) is 4.15. The second-order valence-corrected chi connectivity index (χ2v) is 2.75. The van der Waals surface area contributed by atoms with Crippen molar-refractivity contribution in [2.75, 3.05) is 6.54 Å². The van der Waals surface area contributed by atoms with Crippen LogP contribution in [0.2, 0.25) is 0 Å². The van der Waals surface area contributed by atoms with Gasteiger partial charge in [0.2, 0.25) is 0 Å². The van der Waals surface area contributed by atoms with Crippen molar-refractivity contribution >= 4 is 0 Å². The molecule has 0 aromatic heterocycles. The van der Waals surface area contributed by atoms with E-state index in [-0.39, 0.29) is 0 Å². The number of hydrogen-bond donors (Lipinski definition) is 1. The maximum Gasteiger partial charge on any atom is -0.00468 e. The number of hydrogen-bond acceptors (Lipinski definition) is 1. The Morgan fingerprint density at radius 3 is 2.18 bits per heavy atom. The van der Waals surface area contributed by atoms with Crippen LogP contribution in [0, 0.1) is 5.92 Å². The predicted molar refractivity (Wildman–Crippen MR) is 49.2 cm³/mol. The minimum absolute atomic E-state index is 0.591. The zero-order chi connectivity index (χ0) is 7.94. The summed E-state index contributed by atoms with van der Waals surface area (Å²) >= 11 is 0. The minimum atomic E-state index is 0.591. The van der Waals surface area contributed by atoms with Gasteiger partial charge in [0.15, 0.2) is 0 Å². The first-order chi connectivity index (χ1) is 5.43. The van der Waals surface area contributed by atoms with Gasteiger partial charge in [-0.1, -0.05) is 36.5 Å². The van der Waals surface area contributed by atoms with Crippen molar-refractivity contribution in [3.05, 3.63) is 36.5 Å². The summed E-state index contributed by atoms with van der Waals surface area (Å²) in [5.74, 6) is 0.591. The van der Waals surface area contributed by atoms with Gasteiger partial charge in [-0.05, 0) is 25.3 Å². The lowest BCUT2D eigenvalue weighted by Crippen LogP contribution is -2.01. The lowest BCUT2D eigenvalue weighted by molar-refractivity contribution is 0.662. The predicted octanol–water partition coefficient (Wildman–Crippen LogP) is 2.02. The van der Waals surface area contributed by atoms with E-state index < -0.39 is 0 Å². The first-order valence-electron chi connectivity index (χ1n) is 4.15. The Kier molecular flexibility index (Phi) is 3.70. The van der Waals surface area contributed by atoms with Crippen LogP contribution in [0.4, 0.5) is 0 Å². The molecule has 0 spiro atoms. The van der Waals surface area contributed by atoms with Crippen LogP contribution in [0.5, 0.6) is 0 Å². The van der Waals surface area contributed by atoms with Crippen molar-refractivity contribution in [2.45, 2.75) is 12.8 Å². The third kappa shape index (κ3) is 3.19. The van der Waals surface area contributed by atoms with E-state index in [1.54, 1.807) is 0 Å². The molecular formula is C10H15N. The molecule has 1 aliphatic rings. The molecule has 0 heterocycles. The van der Waals surface area contributed by atoms with Gasteiger partial charge < -0.3 is 5.73 Å². The number of allylic oxidation sites excluding steroid dienone is 6. The van der Waals surface area contributed by atoms with Gasteiger partial charge in [0.1, 0.15) is 0 Å². The van der Waals surface area contributed by atoms with E-state index in [9.17, 15) is 0 Å². The Morgan fingerprint density at radius 1 is 1.00 bits per heavy atom. The van der Waals surface area contributed by atoms with Crippen molar-refractivity contribution in [3.63, 3.8) is 0 Å². The molecule has 1 heteroatoms. The average Bonchev–Trinajstić information content (AvgIpc) is 2.28. The van der Waals surface area contributed by atoms with Gasteiger partial charge in [0.05, 0.1) is 0 Å². The van der Waals surface area contributed by atoms with Gasteiger partial charge in [-0.2, -0.15) is 0 Å². The highest BCUT2D eigenvalue weighted by atomic mass is 14.5. The molecule has 11 heavy (non-hydrogen) atoms. The largest absolute Gasteiger partial charge is 0.330 e. The van der Waals surface area contributed by atoms with E-state index in [1.165, 1.54) is 6.42 Å². The minimum Gasteiger partial charge on any atom is -0.330 e. The summed E-state index contributed by atoms with van der Waals surface area (Å²) in [6.45, 7) is 0.797. The van der Waals surface area contributed by atoms with Crippen LogP contribution < -0.4 is 5.73 Å². The van der Waals surface area contributed by atoms with Gasteiger partial charge in [-0.3, -0.25) is 0 Å². The summed E-state index contributed by atoms with van der Waals surface area (Å²) in [6, 6.07) is 0. The summed E-state index contributed by atoms with van der Waals surface area (Å²) in [7, 11) is 0. The Bertz CT molecular complexity index is 161. The molecule has 1 nitrogen and oxygen atoms in total. The molecule has 0 saturated carbocycles. The maximum atomic E-state index is 5.42. The lowest BCUT2D eigenvalue weighted by atomic mass is 10.0. The summed E-state index contributed by atoms with van der Waals surface area (Å²) in [6.07, 6.45) is 15.0. The average molecular weight is 149 g/mol. The summed E-state index contributed by atoms with van der Waals surface area (Å²) in [4.78, 5) is 0. The van der Waals surface area contributed by atoms with E-state index in [4.69, 9.17) is 5.73 Å². The number of rotatable bonds is 3. The Balaban J connectivity index is 2.34. The molecule has 0 radical (unpaired) electrons. The molecule has 2 N–H and O–H groups in total. The van der Waals surface area contributed by atoms with Crippen molar-refractivity contribution in [1.29, 1.82) is 0 Å².